The number of aliphatic hydroxyl groups excluding tert-OH is 1. The van der Waals surface area contributed by atoms with Crippen LogP contribution in [0.4, 0.5) is 8.78 Å². The fourth-order valence-electron chi connectivity index (χ4n) is 1.35. The van der Waals surface area contributed by atoms with Gasteiger partial charge in [0, 0.05) is 15.8 Å². The summed E-state index contributed by atoms with van der Waals surface area (Å²) in [6, 6.07) is 4.50. The molecular formula is C11H7ClF2OS. The van der Waals surface area contributed by atoms with Crippen LogP contribution in [0, 0.1) is 11.6 Å². The minimum absolute atomic E-state index is 0.0847. The van der Waals surface area contributed by atoms with Crippen molar-refractivity contribution in [3.63, 3.8) is 0 Å². The van der Waals surface area contributed by atoms with Crippen molar-refractivity contribution in [2.45, 2.75) is 6.10 Å². The first-order valence-corrected chi connectivity index (χ1v) is 5.70. The number of hydrogen-bond donors (Lipinski definition) is 1. The van der Waals surface area contributed by atoms with Crippen LogP contribution in [-0.2, 0) is 0 Å². The lowest BCUT2D eigenvalue weighted by molar-refractivity contribution is 0.218. The Kier molecular flexibility index (Phi) is 3.23. The van der Waals surface area contributed by atoms with Crippen LogP contribution in [0.15, 0.2) is 29.6 Å². The van der Waals surface area contributed by atoms with Gasteiger partial charge in [0.25, 0.3) is 0 Å². The fourth-order valence-corrected chi connectivity index (χ4v) is 2.43. The van der Waals surface area contributed by atoms with E-state index in [0.29, 0.717) is 9.90 Å². The molecule has 0 aliphatic rings. The van der Waals surface area contributed by atoms with E-state index in [-0.39, 0.29) is 5.56 Å². The van der Waals surface area contributed by atoms with Crippen molar-refractivity contribution in [2.75, 3.05) is 0 Å². The quantitative estimate of drug-likeness (QED) is 0.872. The van der Waals surface area contributed by atoms with Crippen LogP contribution in [0.3, 0.4) is 0 Å². The molecule has 1 atom stereocenters. The largest absolute Gasteiger partial charge is 0.383 e. The number of halogens is 3. The smallest absolute Gasteiger partial charge is 0.129 e. The van der Waals surface area contributed by atoms with Gasteiger partial charge in [0.05, 0.1) is 5.02 Å². The van der Waals surface area contributed by atoms with Crippen molar-refractivity contribution < 1.29 is 13.9 Å². The van der Waals surface area contributed by atoms with E-state index in [0.717, 1.165) is 18.2 Å². The summed E-state index contributed by atoms with van der Waals surface area (Å²) < 4.78 is 26.3. The summed E-state index contributed by atoms with van der Waals surface area (Å²) in [6.07, 6.45) is -1.19. The van der Waals surface area contributed by atoms with E-state index in [1.54, 1.807) is 5.38 Å². The molecule has 2 rings (SSSR count). The van der Waals surface area contributed by atoms with Gasteiger partial charge < -0.3 is 5.11 Å². The molecule has 1 unspecified atom stereocenters. The first-order chi connectivity index (χ1) is 7.58. The summed E-state index contributed by atoms with van der Waals surface area (Å²) in [5.41, 5.74) is -0.0847. The SMILES string of the molecule is OC(c1cc(Cl)cs1)c1cc(F)ccc1F. The summed E-state index contributed by atoms with van der Waals surface area (Å²) in [5, 5.41) is 11.9. The third kappa shape index (κ3) is 2.24. The molecule has 0 aliphatic carbocycles. The molecule has 16 heavy (non-hydrogen) atoms. The highest BCUT2D eigenvalue weighted by Crippen LogP contribution is 2.31. The molecule has 1 N–H and O–H groups in total. The van der Waals surface area contributed by atoms with Crippen molar-refractivity contribution in [1.82, 2.24) is 0 Å². The maximum absolute atomic E-state index is 13.4. The van der Waals surface area contributed by atoms with E-state index in [9.17, 15) is 13.9 Å². The van der Waals surface area contributed by atoms with Crippen molar-refractivity contribution in [2.24, 2.45) is 0 Å². The lowest BCUT2D eigenvalue weighted by Crippen LogP contribution is -2.01. The predicted octanol–water partition coefficient (Wildman–Crippen LogP) is 3.76. The number of thiophene rings is 1. The van der Waals surface area contributed by atoms with Gasteiger partial charge in [-0.1, -0.05) is 11.6 Å². The third-order valence-electron chi connectivity index (χ3n) is 2.11. The van der Waals surface area contributed by atoms with Crippen molar-refractivity contribution in [3.8, 4) is 0 Å². The highest BCUT2D eigenvalue weighted by atomic mass is 35.5. The molecule has 5 heteroatoms. The van der Waals surface area contributed by atoms with Crippen molar-refractivity contribution >= 4 is 22.9 Å². The zero-order valence-electron chi connectivity index (χ0n) is 7.95. The van der Waals surface area contributed by atoms with Crippen LogP contribution in [0.1, 0.15) is 16.5 Å². The van der Waals surface area contributed by atoms with E-state index in [4.69, 9.17) is 11.6 Å². The van der Waals surface area contributed by atoms with Crippen LogP contribution in [-0.4, -0.2) is 5.11 Å². The lowest BCUT2D eigenvalue weighted by atomic mass is 10.1. The molecule has 0 bridgehead atoms. The highest BCUT2D eigenvalue weighted by molar-refractivity contribution is 7.10. The average molecular weight is 261 g/mol. The average Bonchev–Trinajstić information content (AvgIpc) is 2.67. The topological polar surface area (TPSA) is 20.2 Å². The first kappa shape index (κ1) is 11.5. The molecule has 1 aromatic carbocycles. The highest BCUT2D eigenvalue weighted by Gasteiger charge is 2.17. The Balaban J connectivity index is 2.40. The molecule has 1 aromatic heterocycles. The molecule has 84 valence electrons. The predicted molar refractivity (Wildman–Crippen MR) is 59.7 cm³/mol. The van der Waals surface area contributed by atoms with Gasteiger partial charge in [-0.05, 0) is 24.3 Å². The molecule has 0 aliphatic heterocycles. The number of aliphatic hydroxyl groups is 1. The molecule has 0 saturated carbocycles. The maximum Gasteiger partial charge on any atom is 0.129 e. The number of rotatable bonds is 2. The second-order valence-corrected chi connectivity index (χ2v) is 4.61. The van der Waals surface area contributed by atoms with Crippen LogP contribution < -0.4 is 0 Å². The summed E-state index contributed by atoms with van der Waals surface area (Å²) in [4.78, 5) is 0.481. The van der Waals surface area contributed by atoms with E-state index in [2.05, 4.69) is 0 Å². The second-order valence-electron chi connectivity index (χ2n) is 3.24. The molecule has 1 nitrogen and oxygen atoms in total. The Hall–Kier alpha value is -0.970. The molecule has 0 spiro atoms. The monoisotopic (exact) mass is 260 g/mol. The normalized spacial score (nSPS) is 12.8. The van der Waals surface area contributed by atoms with Gasteiger partial charge in [0.15, 0.2) is 0 Å². The molecule has 2 aromatic rings. The maximum atomic E-state index is 13.4. The van der Waals surface area contributed by atoms with Crippen LogP contribution >= 0.6 is 22.9 Å². The second kappa shape index (κ2) is 4.49. The molecule has 0 saturated heterocycles. The Morgan fingerprint density at radius 1 is 1.25 bits per heavy atom. The van der Waals surface area contributed by atoms with E-state index in [1.807, 2.05) is 0 Å². The van der Waals surface area contributed by atoms with E-state index in [1.165, 1.54) is 17.4 Å². The molecule has 0 amide bonds. The minimum atomic E-state index is -1.19. The van der Waals surface area contributed by atoms with Crippen molar-refractivity contribution in [1.29, 1.82) is 0 Å². The van der Waals surface area contributed by atoms with E-state index >= 15 is 0 Å². The zero-order chi connectivity index (χ0) is 11.7. The van der Waals surface area contributed by atoms with Crippen LogP contribution in [0.25, 0.3) is 0 Å². The van der Waals surface area contributed by atoms with E-state index < -0.39 is 17.7 Å². The minimum Gasteiger partial charge on any atom is -0.383 e. The van der Waals surface area contributed by atoms with Gasteiger partial charge in [0.1, 0.15) is 17.7 Å². The number of hydrogen-bond acceptors (Lipinski definition) is 2. The molecular weight excluding hydrogens is 254 g/mol. The Morgan fingerprint density at radius 2 is 2.00 bits per heavy atom. The van der Waals surface area contributed by atoms with Gasteiger partial charge in [-0.2, -0.15) is 0 Å². The van der Waals surface area contributed by atoms with Crippen LogP contribution in [0.5, 0.6) is 0 Å². The number of benzene rings is 1. The van der Waals surface area contributed by atoms with Crippen LogP contribution in [0.2, 0.25) is 5.02 Å². The van der Waals surface area contributed by atoms with Gasteiger partial charge in [-0.3, -0.25) is 0 Å². The fraction of sp³-hybridized carbons (Fsp3) is 0.0909. The van der Waals surface area contributed by atoms with Gasteiger partial charge in [-0.25, -0.2) is 8.78 Å². The Morgan fingerprint density at radius 3 is 2.62 bits per heavy atom. The van der Waals surface area contributed by atoms with Gasteiger partial charge in [-0.15, -0.1) is 11.3 Å². The summed E-state index contributed by atoms with van der Waals surface area (Å²) in [6.45, 7) is 0. The standard InChI is InChI=1S/C11H7ClF2OS/c12-6-3-10(16-5-6)11(15)8-4-7(13)1-2-9(8)14/h1-5,11,15H. The summed E-state index contributed by atoms with van der Waals surface area (Å²) in [7, 11) is 0. The molecule has 0 fully saturated rings. The van der Waals surface area contributed by atoms with Gasteiger partial charge >= 0.3 is 0 Å². The first-order valence-electron chi connectivity index (χ1n) is 4.45. The lowest BCUT2D eigenvalue weighted by Gasteiger charge is -2.09. The zero-order valence-corrected chi connectivity index (χ0v) is 9.53. The Bertz CT molecular complexity index is 512. The molecule has 1 heterocycles. The summed E-state index contributed by atoms with van der Waals surface area (Å²) in [5.74, 6) is -1.23. The summed E-state index contributed by atoms with van der Waals surface area (Å²) >= 11 is 6.89. The Labute approximate surface area is 99.9 Å². The van der Waals surface area contributed by atoms with Gasteiger partial charge in [0.2, 0.25) is 0 Å². The third-order valence-corrected chi connectivity index (χ3v) is 3.44. The molecule has 0 radical (unpaired) electrons. The van der Waals surface area contributed by atoms with Crippen molar-refractivity contribution in [3.05, 3.63) is 56.7 Å².